The molecule has 1 aromatic carbocycles. The molecule has 0 aromatic heterocycles. The molecule has 0 spiro atoms. The van der Waals surface area contributed by atoms with Crippen LogP contribution in [0.4, 0.5) is 0 Å². The first-order chi connectivity index (χ1) is 5.83. The molecule has 1 amide bonds. The van der Waals surface area contributed by atoms with Gasteiger partial charge in [0.1, 0.15) is 0 Å². The number of rotatable bonds is 4. The van der Waals surface area contributed by atoms with E-state index in [1.54, 1.807) is 6.41 Å². The average molecular weight is 183 g/mol. The predicted molar refractivity (Wildman–Crippen MR) is 48.9 cm³/mol. The van der Waals surface area contributed by atoms with Crippen molar-refractivity contribution in [3.63, 3.8) is 0 Å². The van der Waals surface area contributed by atoms with Gasteiger partial charge in [0.15, 0.2) is 0 Å². The van der Waals surface area contributed by atoms with E-state index in [1.165, 1.54) is 0 Å². The second-order valence-electron chi connectivity index (χ2n) is 2.41. The summed E-state index contributed by atoms with van der Waals surface area (Å²) < 4.78 is 0. The van der Waals surface area contributed by atoms with E-state index in [0.717, 1.165) is 17.0 Å². The van der Waals surface area contributed by atoms with Crippen LogP contribution >= 0.6 is 11.6 Å². The van der Waals surface area contributed by atoms with Crippen LogP contribution in [-0.2, 0) is 11.2 Å². The van der Waals surface area contributed by atoms with Crippen molar-refractivity contribution in [2.24, 2.45) is 0 Å². The Hall–Kier alpha value is -1.02. The highest BCUT2D eigenvalue weighted by Gasteiger charge is 1.91. The third kappa shape index (κ3) is 2.93. The lowest BCUT2D eigenvalue weighted by atomic mass is 10.1. The summed E-state index contributed by atoms with van der Waals surface area (Å²) in [5.41, 5.74) is 1.15. The van der Waals surface area contributed by atoms with Crippen molar-refractivity contribution in [2.45, 2.75) is 6.42 Å². The molecular formula is C9H9ClNO. The second kappa shape index (κ2) is 4.78. The molecule has 12 heavy (non-hydrogen) atoms. The van der Waals surface area contributed by atoms with Crippen LogP contribution in [0.2, 0.25) is 5.02 Å². The van der Waals surface area contributed by atoms with Gasteiger partial charge in [0.2, 0.25) is 0 Å². The average Bonchev–Trinajstić information content (AvgIpc) is 2.09. The molecule has 0 aliphatic rings. The number of halogens is 1. The van der Waals surface area contributed by atoms with Crippen molar-refractivity contribution in [3.05, 3.63) is 34.9 Å². The Morgan fingerprint density at radius 2 is 2.00 bits per heavy atom. The molecular weight excluding hydrogens is 174 g/mol. The molecule has 0 saturated heterocycles. The summed E-state index contributed by atoms with van der Waals surface area (Å²) in [6.45, 7) is 0.616. The minimum atomic E-state index is 0.616. The molecule has 0 fully saturated rings. The lowest BCUT2D eigenvalue weighted by Gasteiger charge is -1.99. The number of benzene rings is 1. The Bertz CT molecular complexity index is 245. The fourth-order valence-electron chi connectivity index (χ4n) is 0.909. The molecule has 1 N–H and O–H groups in total. The lowest BCUT2D eigenvalue weighted by molar-refractivity contribution is 0.542. The zero-order valence-electron chi connectivity index (χ0n) is 6.51. The van der Waals surface area contributed by atoms with Gasteiger partial charge in [0.05, 0.1) is 0 Å². The monoisotopic (exact) mass is 182 g/mol. The summed E-state index contributed by atoms with van der Waals surface area (Å²) in [4.78, 5) is 9.79. The summed E-state index contributed by atoms with van der Waals surface area (Å²) in [5.74, 6) is 0. The van der Waals surface area contributed by atoms with Gasteiger partial charge in [-0.15, -0.1) is 0 Å². The molecule has 1 radical (unpaired) electrons. The summed E-state index contributed by atoms with van der Waals surface area (Å²) in [7, 11) is 0. The Morgan fingerprint density at radius 3 is 2.58 bits per heavy atom. The molecule has 3 heteroatoms. The molecule has 1 aromatic rings. The Labute approximate surface area is 76.5 Å². The van der Waals surface area contributed by atoms with Crippen molar-refractivity contribution < 1.29 is 4.79 Å². The van der Waals surface area contributed by atoms with E-state index in [0.29, 0.717) is 6.54 Å². The maximum atomic E-state index is 9.79. The SMILES string of the molecule is O=[C]NCCc1ccc(Cl)cc1. The summed E-state index contributed by atoms with van der Waals surface area (Å²) >= 11 is 5.70. The van der Waals surface area contributed by atoms with Crippen molar-refractivity contribution >= 4 is 18.0 Å². The van der Waals surface area contributed by atoms with Gasteiger partial charge in [-0.05, 0) is 24.1 Å². The molecule has 1 rings (SSSR count). The number of carbonyl (C=O) groups excluding carboxylic acids is 1. The largest absolute Gasteiger partial charge is 0.348 e. The standard InChI is InChI=1S/C9H9ClNO/c10-9-3-1-8(2-4-9)5-6-11-7-12/h1-4H,5-6H2,(H,11,12). The van der Waals surface area contributed by atoms with Crippen molar-refractivity contribution in [3.8, 4) is 0 Å². The van der Waals surface area contributed by atoms with E-state index in [1.807, 2.05) is 24.3 Å². The van der Waals surface area contributed by atoms with Crippen LogP contribution in [0.3, 0.4) is 0 Å². The topological polar surface area (TPSA) is 29.1 Å². The maximum absolute atomic E-state index is 9.79. The fourth-order valence-corrected chi connectivity index (χ4v) is 1.03. The van der Waals surface area contributed by atoms with Gasteiger partial charge in [0.25, 0.3) is 0 Å². The van der Waals surface area contributed by atoms with Crippen LogP contribution in [0.15, 0.2) is 24.3 Å². The predicted octanol–water partition coefficient (Wildman–Crippen LogP) is 1.54. The zero-order chi connectivity index (χ0) is 8.81. The number of hydrogen-bond acceptors (Lipinski definition) is 1. The highest BCUT2D eigenvalue weighted by atomic mass is 35.5. The normalized spacial score (nSPS) is 9.42. The smallest absolute Gasteiger partial charge is 0.309 e. The van der Waals surface area contributed by atoms with Crippen LogP contribution < -0.4 is 5.32 Å². The van der Waals surface area contributed by atoms with Gasteiger partial charge in [-0.1, -0.05) is 23.7 Å². The van der Waals surface area contributed by atoms with E-state index < -0.39 is 0 Å². The number of hydrogen-bond donors (Lipinski definition) is 1. The van der Waals surface area contributed by atoms with E-state index in [9.17, 15) is 4.79 Å². The highest BCUT2D eigenvalue weighted by molar-refractivity contribution is 6.30. The zero-order valence-corrected chi connectivity index (χ0v) is 7.27. The first-order valence-corrected chi connectivity index (χ1v) is 4.05. The summed E-state index contributed by atoms with van der Waals surface area (Å²) in [6, 6.07) is 7.55. The molecule has 2 nitrogen and oxygen atoms in total. The molecule has 63 valence electrons. The molecule has 0 aliphatic carbocycles. The van der Waals surface area contributed by atoms with Crippen LogP contribution in [-0.4, -0.2) is 13.0 Å². The molecule has 0 saturated carbocycles. The molecule has 0 bridgehead atoms. The van der Waals surface area contributed by atoms with Crippen LogP contribution in [0, 0.1) is 0 Å². The van der Waals surface area contributed by atoms with E-state index in [4.69, 9.17) is 11.6 Å². The fraction of sp³-hybridized carbons (Fsp3) is 0.222. The van der Waals surface area contributed by atoms with E-state index in [2.05, 4.69) is 5.32 Å². The first-order valence-electron chi connectivity index (χ1n) is 3.67. The van der Waals surface area contributed by atoms with Crippen LogP contribution in [0.25, 0.3) is 0 Å². The van der Waals surface area contributed by atoms with E-state index >= 15 is 0 Å². The molecule has 0 aliphatic heterocycles. The van der Waals surface area contributed by atoms with Gasteiger partial charge in [0, 0.05) is 11.6 Å². The number of amides is 1. The second-order valence-corrected chi connectivity index (χ2v) is 2.84. The molecule has 0 atom stereocenters. The summed E-state index contributed by atoms with van der Waals surface area (Å²) in [5, 5.41) is 3.20. The minimum Gasteiger partial charge on any atom is -0.348 e. The Kier molecular flexibility index (Phi) is 3.61. The van der Waals surface area contributed by atoms with Crippen molar-refractivity contribution in [2.75, 3.05) is 6.54 Å². The third-order valence-electron chi connectivity index (χ3n) is 1.52. The highest BCUT2D eigenvalue weighted by Crippen LogP contribution is 2.09. The molecule has 0 heterocycles. The van der Waals surface area contributed by atoms with Gasteiger partial charge >= 0.3 is 6.41 Å². The minimum absolute atomic E-state index is 0.616. The molecule has 0 unspecified atom stereocenters. The quantitative estimate of drug-likeness (QED) is 0.556. The van der Waals surface area contributed by atoms with Crippen molar-refractivity contribution in [1.82, 2.24) is 5.32 Å². The maximum Gasteiger partial charge on any atom is 0.309 e. The van der Waals surface area contributed by atoms with Gasteiger partial charge in [-0.2, -0.15) is 0 Å². The lowest BCUT2D eigenvalue weighted by Crippen LogP contribution is -2.14. The number of nitrogens with one attached hydrogen (secondary N) is 1. The van der Waals surface area contributed by atoms with Crippen molar-refractivity contribution in [1.29, 1.82) is 0 Å². The van der Waals surface area contributed by atoms with Crippen LogP contribution in [0.1, 0.15) is 5.56 Å². The Morgan fingerprint density at radius 1 is 1.33 bits per heavy atom. The summed E-state index contributed by atoms with van der Waals surface area (Å²) in [6.07, 6.45) is 2.44. The van der Waals surface area contributed by atoms with Gasteiger partial charge in [-0.3, -0.25) is 4.79 Å². The Balaban J connectivity index is 2.42. The van der Waals surface area contributed by atoms with Gasteiger partial charge < -0.3 is 5.32 Å². The third-order valence-corrected chi connectivity index (χ3v) is 1.78. The van der Waals surface area contributed by atoms with E-state index in [-0.39, 0.29) is 0 Å². The first kappa shape index (κ1) is 9.07. The van der Waals surface area contributed by atoms with Gasteiger partial charge in [-0.25, -0.2) is 0 Å². The van der Waals surface area contributed by atoms with Crippen LogP contribution in [0.5, 0.6) is 0 Å².